The van der Waals surface area contributed by atoms with Gasteiger partial charge >= 0.3 is 0 Å². The molecule has 0 aliphatic carbocycles. The second-order valence-corrected chi connectivity index (χ2v) is 13.0. The van der Waals surface area contributed by atoms with Gasteiger partial charge in [0.15, 0.2) is 0 Å². The van der Waals surface area contributed by atoms with E-state index in [1.807, 2.05) is 6.92 Å². The monoisotopic (exact) mass is 892 g/mol. The zero-order valence-electron chi connectivity index (χ0n) is 36.9. The van der Waals surface area contributed by atoms with E-state index in [1.165, 1.54) is 18.2 Å². The number of rotatable bonds is 21. The largest absolute Gasteiger partial charge is 0.400 e. The molecule has 0 amide bonds. The van der Waals surface area contributed by atoms with E-state index < -0.39 is 62.0 Å². The number of nitrogens with two attached hydrogens (primary N) is 2. The van der Waals surface area contributed by atoms with Gasteiger partial charge in [-0.1, -0.05) is 67.6 Å². The summed E-state index contributed by atoms with van der Waals surface area (Å²) in [5.74, 6) is 0. The molecule has 23 N–H and O–H groups in total. The summed E-state index contributed by atoms with van der Waals surface area (Å²) in [4.78, 5) is 0. The van der Waals surface area contributed by atoms with Gasteiger partial charge in [-0.2, -0.15) is 0 Å². The third-order valence-electron chi connectivity index (χ3n) is 7.38. The first kappa shape index (κ1) is 70.3. The highest BCUT2D eigenvalue weighted by Crippen LogP contribution is 2.08. The van der Waals surface area contributed by atoms with Crippen molar-refractivity contribution in [3.05, 3.63) is 71.8 Å². The van der Waals surface area contributed by atoms with Crippen LogP contribution in [-0.4, -0.2) is 230 Å². The highest BCUT2D eigenvalue weighted by Gasteiger charge is 2.29. The molecule has 0 saturated carbocycles. The summed E-state index contributed by atoms with van der Waals surface area (Å²) in [5, 5.41) is 142. The van der Waals surface area contributed by atoms with Crippen LogP contribution in [0.4, 0.5) is 0 Å². The highest BCUT2D eigenvalue weighted by molar-refractivity contribution is 5.25. The number of aliphatic hydroxyl groups excluding tert-OH is 16. The molecule has 2 rings (SSSR count). The summed E-state index contributed by atoms with van der Waals surface area (Å²) < 4.78 is 0. The Hall–Kier alpha value is -2.40. The van der Waals surface area contributed by atoms with E-state index in [0.717, 1.165) is 20.6 Å². The second-order valence-electron chi connectivity index (χ2n) is 13.0. The summed E-state index contributed by atoms with van der Waals surface area (Å²) in [6, 6.07) is 21.1. The quantitative estimate of drug-likeness (QED) is 0.0409. The summed E-state index contributed by atoms with van der Waals surface area (Å²) in [6.45, 7) is 5.56. The summed E-state index contributed by atoms with van der Waals surface area (Å²) in [7, 11) is 3.38. The molecule has 61 heavy (non-hydrogen) atoms. The molecule has 0 heterocycles. The van der Waals surface area contributed by atoms with Gasteiger partial charge in [0.2, 0.25) is 0 Å². The molecule has 2 aromatic carbocycles. The lowest BCUT2D eigenvalue weighted by Crippen LogP contribution is -2.50. The molecule has 0 radical (unpaired) electrons. The highest BCUT2D eigenvalue weighted by atomic mass is 16.4. The normalized spacial score (nSPS) is 13.3. The molecule has 0 aliphatic heterocycles. The van der Waals surface area contributed by atoms with Crippen molar-refractivity contribution in [2.24, 2.45) is 11.5 Å². The Morgan fingerprint density at radius 2 is 0.885 bits per heavy atom. The maximum atomic E-state index is 9.05. The number of hydrogen-bond donors (Lipinski definition) is 21. The number of benzene rings is 2. The van der Waals surface area contributed by atoms with E-state index in [2.05, 4.69) is 76.6 Å². The molecule has 366 valence electrons. The predicted octanol–water partition coefficient (Wildman–Crippen LogP) is -6.27. The first-order valence-corrected chi connectivity index (χ1v) is 19.5. The van der Waals surface area contributed by atoms with E-state index in [4.69, 9.17) is 93.2 Å². The molecule has 0 aliphatic rings. The van der Waals surface area contributed by atoms with Crippen LogP contribution in [0.3, 0.4) is 0 Å². The number of hydrogen-bond acceptors (Lipinski definition) is 21. The van der Waals surface area contributed by atoms with Crippen molar-refractivity contribution < 1.29 is 81.7 Å². The number of nitrogens with one attached hydrogen (secondary N) is 3. The standard InChI is InChI=1S/C13H12.C6H15NO5.C6H15NO2.C5H13NO2.C4H11NO3.C4H11NO2.2CH4O/c1-3-7-12(8-4-1)11-13-9-5-2-6-10-13;1-7-6(12)5(11)4(10)3(9)2-8;1-5(8)3-7-4-6(2)9;1-2-5(6,3-7)4-8;5-4(1-6,2-7)3-8;6-3-1-5-2-4-7;2*1-2/h1-10H,11H2;3-12H,2H2,1H3;5-9H,3-4H2,1-2H3;7-8H,2-4,6H2,1H3;6-8H,1-3,5H2;5-7H,1-4H2;2*2H,1H3. The van der Waals surface area contributed by atoms with Crippen LogP contribution in [-0.2, 0) is 6.42 Å². The molecule has 2 aromatic rings. The van der Waals surface area contributed by atoms with E-state index in [0.29, 0.717) is 32.6 Å². The molecule has 0 bridgehead atoms. The van der Waals surface area contributed by atoms with Gasteiger partial charge in [0, 0.05) is 40.4 Å². The Morgan fingerprint density at radius 1 is 0.541 bits per heavy atom. The average Bonchev–Trinajstić information content (AvgIpc) is 3.30. The van der Waals surface area contributed by atoms with Crippen molar-refractivity contribution in [2.75, 3.05) is 100 Å². The fourth-order valence-electron chi connectivity index (χ4n) is 3.33. The van der Waals surface area contributed by atoms with Crippen molar-refractivity contribution >= 4 is 0 Å². The van der Waals surface area contributed by atoms with Crippen molar-refractivity contribution in [3.63, 3.8) is 0 Å². The first-order chi connectivity index (χ1) is 28.9. The minimum atomic E-state index is -1.57. The van der Waals surface area contributed by atoms with Gasteiger partial charge in [0.05, 0.1) is 76.1 Å². The lowest BCUT2D eigenvalue weighted by molar-refractivity contribution is -0.120. The van der Waals surface area contributed by atoms with Crippen LogP contribution in [0.5, 0.6) is 0 Å². The van der Waals surface area contributed by atoms with Crippen LogP contribution < -0.4 is 27.4 Å². The smallest absolute Gasteiger partial charge is 0.133 e. The lowest BCUT2D eigenvalue weighted by Gasteiger charge is -2.24. The van der Waals surface area contributed by atoms with Gasteiger partial charge in [-0.05, 0) is 44.9 Å². The molecule has 6 unspecified atom stereocenters. The number of aliphatic hydroxyl groups is 16. The zero-order valence-corrected chi connectivity index (χ0v) is 36.9. The van der Waals surface area contributed by atoms with Crippen molar-refractivity contribution in [1.82, 2.24) is 16.0 Å². The van der Waals surface area contributed by atoms with Crippen LogP contribution in [0.25, 0.3) is 0 Å². The van der Waals surface area contributed by atoms with E-state index >= 15 is 0 Å². The van der Waals surface area contributed by atoms with Gasteiger partial charge in [0.25, 0.3) is 0 Å². The molecule has 0 aromatic heterocycles. The Balaban J connectivity index is -0.000000148. The fraction of sp³-hybridized carbons (Fsp3) is 0.700. The molecule has 0 saturated heterocycles. The summed E-state index contributed by atoms with van der Waals surface area (Å²) >= 11 is 0. The Labute approximate surface area is 362 Å². The van der Waals surface area contributed by atoms with Gasteiger partial charge in [-0.3, -0.25) is 5.32 Å². The minimum Gasteiger partial charge on any atom is -0.400 e. The number of likely N-dealkylation sites (N-methyl/N-ethyl adjacent to an activating group) is 1. The summed E-state index contributed by atoms with van der Waals surface area (Å²) in [5.41, 5.74) is 11.3. The van der Waals surface area contributed by atoms with Gasteiger partial charge in [0.1, 0.15) is 24.5 Å². The van der Waals surface area contributed by atoms with Crippen molar-refractivity contribution in [3.8, 4) is 0 Å². The summed E-state index contributed by atoms with van der Waals surface area (Å²) in [6.07, 6.45) is -4.92. The zero-order chi connectivity index (χ0) is 48.7. The third kappa shape index (κ3) is 46.9. The van der Waals surface area contributed by atoms with Crippen LogP contribution in [0, 0.1) is 0 Å². The van der Waals surface area contributed by atoms with Crippen LogP contribution >= 0.6 is 0 Å². The van der Waals surface area contributed by atoms with Gasteiger partial charge in [-0.15, -0.1) is 0 Å². The Kier molecular flexibility index (Phi) is 57.9. The molecule has 21 nitrogen and oxygen atoms in total. The van der Waals surface area contributed by atoms with Gasteiger partial charge < -0.3 is 104 Å². The first-order valence-electron chi connectivity index (χ1n) is 19.5. The SMILES string of the molecule is CC(O)CNCC(C)O.CCC(N)(CO)CO.CNC(O)C(O)C(O)C(O)CO.CO.CO.NC(CO)(CO)CO.OCCNCCO.c1ccc(Cc2ccccc2)cc1. The van der Waals surface area contributed by atoms with Crippen molar-refractivity contribution in [1.29, 1.82) is 0 Å². The van der Waals surface area contributed by atoms with Crippen LogP contribution in [0.1, 0.15) is 38.3 Å². The van der Waals surface area contributed by atoms with Crippen LogP contribution in [0.2, 0.25) is 0 Å². The maximum absolute atomic E-state index is 9.05. The third-order valence-corrected chi connectivity index (χ3v) is 7.38. The Morgan fingerprint density at radius 3 is 1.10 bits per heavy atom. The van der Waals surface area contributed by atoms with Gasteiger partial charge in [-0.25, -0.2) is 0 Å². The lowest BCUT2D eigenvalue weighted by atomic mass is 10.0. The molecule has 0 spiro atoms. The maximum Gasteiger partial charge on any atom is 0.133 e. The Bertz CT molecular complexity index is 984. The van der Waals surface area contributed by atoms with Crippen molar-refractivity contribution in [2.45, 2.75) is 81.4 Å². The fourth-order valence-corrected chi connectivity index (χ4v) is 3.33. The molecule has 21 heteroatoms. The molecule has 0 fully saturated rings. The van der Waals surface area contributed by atoms with E-state index in [9.17, 15) is 0 Å². The van der Waals surface area contributed by atoms with E-state index in [1.54, 1.807) is 13.8 Å². The predicted molar refractivity (Wildman–Crippen MR) is 235 cm³/mol. The second kappa shape index (κ2) is 50.2. The topological polar surface area (TPSA) is 412 Å². The molecular formula is C40H85N5O16. The van der Waals surface area contributed by atoms with E-state index in [-0.39, 0.29) is 38.6 Å². The average molecular weight is 892 g/mol. The molecular weight excluding hydrogens is 806 g/mol. The molecule has 6 atom stereocenters. The van der Waals surface area contributed by atoms with Crippen LogP contribution in [0.15, 0.2) is 60.7 Å². The minimum absolute atomic E-state index is 0.139.